The summed E-state index contributed by atoms with van der Waals surface area (Å²) in [5.41, 5.74) is 0.572. The normalized spacial score (nSPS) is 21.0. The zero-order valence-electron chi connectivity index (χ0n) is 24.5. The topological polar surface area (TPSA) is 139 Å². The lowest BCUT2D eigenvalue weighted by molar-refractivity contribution is -0.153. The fourth-order valence-electron chi connectivity index (χ4n) is 4.45. The Labute approximate surface area is 246 Å². The van der Waals surface area contributed by atoms with E-state index in [-0.39, 0.29) is 35.6 Å². The third-order valence-corrected chi connectivity index (χ3v) is 6.47. The second-order valence-electron chi connectivity index (χ2n) is 10.6. The highest BCUT2D eigenvalue weighted by atomic mass is 16.7. The highest BCUT2D eigenvalue weighted by Crippen LogP contribution is 2.32. The number of rotatable bonds is 10. The molecule has 0 spiro atoms. The van der Waals surface area contributed by atoms with E-state index in [1.807, 2.05) is 57.5 Å². The maximum Gasteiger partial charge on any atom is 0.514 e. The highest BCUT2D eigenvalue weighted by Gasteiger charge is 2.40. The molecule has 11 nitrogen and oxygen atoms in total. The summed E-state index contributed by atoms with van der Waals surface area (Å²) in [6.45, 7) is 10.9. The van der Waals surface area contributed by atoms with Crippen LogP contribution < -0.4 is 14.8 Å². The first kappa shape index (κ1) is 32.4. The summed E-state index contributed by atoms with van der Waals surface area (Å²) < 4.78 is 26.9. The summed E-state index contributed by atoms with van der Waals surface area (Å²) in [4.78, 5) is 56.2. The Bertz CT molecular complexity index is 1230. The molecule has 2 radical (unpaired) electrons. The SMILES string of the molecule is [CH2]C(C)[CH][C@H]1[C@H](C)OC(=O)[C@@H](NC(=O)c2nccc(OC)c2OC(=O)OCC(C)C)COC(=O)[C@@H]1Cc1ccccc1. The predicted octanol–water partition coefficient (Wildman–Crippen LogP) is 4.00. The molecule has 0 aliphatic carbocycles. The largest absolute Gasteiger partial charge is 0.514 e. The van der Waals surface area contributed by atoms with Crippen LogP contribution in [0, 0.1) is 37.0 Å². The van der Waals surface area contributed by atoms with Crippen LogP contribution in [0.1, 0.15) is 43.7 Å². The van der Waals surface area contributed by atoms with Crippen molar-refractivity contribution in [3.8, 4) is 11.5 Å². The van der Waals surface area contributed by atoms with Gasteiger partial charge in [-0.2, -0.15) is 0 Å². The van der Waals surface area contributed by atoms with Gasteiger partial charge in [-0.3, -0.25) is 9.59 Å². The van der Waals surface area contributed by atoms with Gasteiger partial charge in [0.15, 0.2) is 17.5 Å². The number of pyridine rings is 1. The Kier molecular flexibility index (Phi) is 11.7. The number of carbonyl (C=O) groups excluding carboxylic acids is 4. The van der Waals surface area contributed by atoms with Gasteiger partial charge in [-0.1, -0.05) is 58.0 Å². The minimum absolute atomic E-state index is 0.0400. The van der Waals surface area contributed by atoms with Crippen molar-refractivity contribution in [2.75, 3.05) is 20.3 Å². The number of nitrogens with zero attached hydrogens (tertiary/aromatic N) is 1. The number of ether oxygens (including phenoxy) is 5. The Morgan fingerprint density at radius 2 is 1.86 bits per heavy atom. The Balaban J connectivity index is 1.84. The number of benzene rings is 1. The maximum atomic E-state index is 13.4. The van der Waals surface area contributed by atoms with Gasteiger partial charge in [-0.25, -0.2) is 14.6 Å². The molecule has 42 heavy (non-hydrogen) atoms. The van der Waals surface area contributed by atoms with Crippen molar-refractivity contribution in [2.24, 2.45) is 23.7 Å². The molecule has 1 amide bonds. The summed E-state index contributed by atoms with van der Waals surface area (Å²) in [5.74, 6) is -3.75. The minimum atomic E-state index is -1.37. The van der Waals surface area contributed by atoms with E-state index >= 15 is 0 Å². The average Bonchev–Trinajstić information content (AvgIpc) is 2.98. The van der Waals surface area contributed by atoms with Gasteiger partial charge in [0.05, 0.1) is 19.6 Å². The number of hydrogen-bond acceptors (Lipinski definition) is 10. The van der Waals surface area contributed by atoms with Gasteiger partial charge in [0, 0.05) is 18.2 Å². The lowest BCUT2D eigenvalue weighted by atomic mass is 9.78. The van der Waals surface area contributed by atoms with Gasteiger partial charge >= 0.3 is 18.1 Å². The van der Waals surface area contributed by atoms with Crippen molar-refractivity contribution in [3.05, 3.63) is 67.2 Å². The van der Waals surface area contributed by atoms with E-state index in [0.29, 0.717) is 6.42 Å². The van der Waals surface area contributed by atoms with E-state index in [9.17, 15) is 19.2 Å². The second kappa shape index (κ2) is 15.2. The number of esters is 2. The van der Waals surface area contributed by atoms with Crippen molar-refractivity contribution in [3.63, 3.8) is 0 Å². The first-order chi connectivity index (χ1) is 20.0. The standard InChI is InChI=1S/C31H38N2O9/c1-18(2)14-22-20(5)41-30(36)24(17-39-29(35)23(22)15-21-10-8-7-9-11-21)33-28(34)26-27(25(38-6)12-13-32-26)42-31(37)40-16-19(3)4/h7-14,18-20,22-24H,1,15-17H2,2-6H3,(H,33,34)/t18?,20-,22-,23+,24-/m0/s1. The highest BCUT2D eigenvalue weighted by molar-refractivity contribution is 5.98. The summed E-state index contributed by atoms with van der Waals surface area (Å²) in [5, 5.41) is 2.49. The fraction of sp³-hybridized carbons (Fsp3) is 0.452. The van der Waals surface area contributed by atoms with Crippen LogP contribution in [-0.2, 0) is 30.2 Å². The molecule has 226 valence electrons. The molecule has 11 heteroatoms. The molecule has 1 aromatic heterocycles. The Morgan fingerprint density at radius 3 is 2.50 bits per heavy atom. The van der Waals surface area contributed by atoms with Crippen molar-refractivity contribution in [1.82, 2.24) is 10.3 Å². The molecule has 5 atom stereocenters. The van der Waals surface area contributed by atoms with E-state index in [0.717, 1.165) is 5.56 Å². The second-order valence-corrected chi connectivity index (χ2v) is 10.6. The summed E-state index contributed by atoms with van der Waals surface area (Å²) in [6, 6.07) is 9.47. The number of amides is 1. The molecule has 1 unspecified atom stereocenters. The Morgan fingerprint density at radius 1 is 1.14 bits per heavy atom. The molecular formula is C31H38N2O9. The summed E-state index contributed by atoms with van der Waals surface area (Å²) in [6.07, 6.45) is 1.71. The summed E-state index contributed by atoms with van der Waals surface area (Å²) >= 11 is 0. The van der Waals surface area contributed by atoms with Crippen LogP contribution in [0.2, 0.25) is 0 Å². The number of carbonyl (C=O) groups is 4. The molecule has 0 saturated carbocycles. The van der Waals surface area contributed by atoms with E-state index in [4.69, 9.17) is 23.7 Å². The van der Waals surface area contributed by atoms with Crippen molar-refractivity contribution < 1.29 is 42.9 Å². The molecule has 2 heterocycles. The molecular weight excluding hydrogens is 544 g/mol. The fourth-order valence-corrected chi connectivity index (χ4v) is 4.45. The van der Waals surface area contributed by atoms with Gasteiger partial charge in [0.1, 0.15) is 12.7 Å². The molecule has 0 bridgehead atoms. The maximum absolute atomic E-state index is 13.4. The van der Waals surface area contributed by atoms with Crippen LogP contribution in [0.15, 0.2) is 42.6 Å². The van der Waals surface area contributed by atoms with Gasteiger partial charge in [0.25, 0.3) is 5.91 Å². The van der Waals surface area contributed by atoms with Crippen LogP contribution >= 0.6 is 0 Å². The van der Waals surface area contributed by atoms with E-state index < -0.39 is 54.6 Å². The monoisotopic (exact) mass is 582 g/mol. The van der Waals surface area contributed by atoms with Gasteiger partial charge in [-0.05, 0) is 37.2 Å². The number of aromatic nitrogens is 1. The van der Waals surface area contributed by atoms with E-state index in [1.54, 1.807) is 6.92 Å². The van der Waals surface area contributed by atoms with Crippen molar-refractivity contribution in [2.45, 2.75) is 46.3 Å². The van der Waals surface area contributed by atoms with Crippen molar-refractivity contribution >= 4 is 24.0 Å². The smallest absolute Gasteiger partial charge is 0.493 e. The molecule has 1 saturated heterocycles. The molecule has 1 fully saturated rings. The van der Waals surface area contributed by atoms with E-state index in [1.165, 1.54) is 19.4 Å². The zero-order valence-corrected chi connectivity index (χ0v) is 24.5. The van der Waals surface area contributed by atoms with Gasteiger partial charge in [-0.15, -0.1) is 0 Å². The predicted molar refractivity (Wildman–Crippen MR) is 151 cm³/mol. The molecule has 1 aromatic carbocycles. The van der Waals surface area contributed by atoms with Crippen molar-refractivity contribution in [1.29, 1.82) is 0 Å². The molecule has 1 N–H and O–H groups in total. The first-order valence-electron chi connectivity index (χ1n) is 13.8. The zero-order chi connectivity index (χ0) is 30.8. The van der Waals surface area contributed by atoms with Crippen LogP contribution in [-0.4, -0.2) is 61.5 Å². The van der Waals surface area contributed by atoms with Crippen LogP contribution in [0.5, 0.6) is 11.5 Å². The van der Waals surface area contributed by atoms with Gasteiger partial charge < -0.3 is 29.0 Å². The number of hydrogen-bond donors (Lipinski definition) is 1. The third-order valence-electron chi connectivity index (χ3n) is 6.47. The number of nitrogens with one attached hydrogen (secondary N) is 1. The molecule has 3 rings (SSSR count). The minimum Gasteiger partial charge on any atom is -0.493 e. The van der Waals surface area contributed by atoms with Gasteiger partial charge in [0.2, 0.25) is 5.75 Å². The lowest BCUT2D eigenvalue weighted by Gasteiger charge is -2.30. The number of cyclic esters (lactones) is 2. The lowest BCUT2D eigenvalue weighted by Crippen LogP contribution is -2.46. The molecule has 1 aliphatic rings. The third kappa shape index (κ3) is 8.92. The first-order valence-corrected chi connectivity index (χ1v) is 13.8. The average molecular weight is 583 g/mol. The van der Waals surface area contributed by atoms with E-state index in [2.05, 4.69) is 17.2 Å². The van der Waals surface area contributed by atoms with Crippen LogP contribution in [0.4, 0.5) is 4.79 Å². The summed E-state index contributed by atoms with van der Waals surface area (Å²) in [7, 11) is 1.33. The number of methoxy groups -OCH3 is 1. The van der Waals surface area contributed by atoms with Crippen LogP contribution in [0.3, 0.4) is 0 Å². The quantitative estimate of drug-likeness (QED) is 0.323. The van der Waals surface area contributed by atoms with Crippen LogP contribution in [0.25, 0.3) is 0 Å². The Hall–Kier alpha value is -4.15. The molecule has 1 aliphatic heterocycles. The molecule has 2 aromatic rings.